The van der Waals surface area contributed by atoms with Crippen LogP contribution in [0.25, 0.3) is 11.3 Å². The van der Waals surface area contributed by atoms with E-state index in [0.717, 1.165) is 43.2 Å². The number of aromatic nitrogens is 1. The number of ether oxygens (including phenoxy) is 1. The number of rotatable bonds is 8. The minimum Gasteiger partial charge on any atom is -0.378 e. The zero-order valence-corrected chi connectivity index (χ0v) is 21.0. The molecule has 1 fully saturated rings. The first-order valence-electron chi connectivity index (χ1n) is 12.0. The predicted molar refractivity (Wildman–Crippen MR) is 139 cm³/mol. The molecule has 4 rings (SSSR count). The van der Waals surface area contributed by atoms with Crippen molar-refractivity contribution in [3.8, 4) is 11.3 Å². The normalized spacial score (nSPS) is 14.1. The second-order valence-corrected chi connectivity index (χ2v) is 9.10. The Morgan fingerprint density at radius 2 is 1.78 bits per heavy atom. The Hall–Kier alpha value is -3.50. The predicted octanol–water partition coefficient (Wildman–Crippen LogP) is 3.64. The number of hydrogen-bond donors (Lipinski definition) is 2. The van der Waals surface area contributed by atoms with Crippen LogP contribution < -0.4 is 20.3 Å². The third-order valence-corrected chi connectivity index (χ3v) is 6.67. The van der Waals surface area contributed by atoms with Crippen molar-refractivity contribution in [1.82, 2.24) is 15.2 Å². The van der Waals surface area contributed by atoms with Crippen molar-refractivity contribution in [2.24, 2.45) is 4.99 Å². The molecule has 0 saturated carbocycles. The first-order chi connectivity index (χ1) is 17.5. The van der Waals surface area contributed by atoms with E-state index >= 15 is 0 Å². The average Bonchev–Trinajstić information content (AvgIpc) is 3.30. The van der Waals surface area contributed by atoms with E-state index in [4.69, 9.17) is 4.74 Å². The molecule has 2 aromatic carbocycles. The van der Waals surface area contributed by atoms with Crippen LogP contribution in [-0.4, -0.2) is 55.9 Å². The van der Waals surface area contributed by atoms with Gasteiger partial charge in [0.05, 0.1) is 18.9 Å². The fourth-order valence-corrected chi connectivity index (χ4v) is 4.87. The number of amides is 3. The molecule has 3 amide bonds. The van der Waals surface area contributed by atoms with Gasteiger partial charge in [0.15, 0.2) is 4.80 Å². The Morgan fingerprint density at radius 1 is 1.06 bits per heavy atom. The van der Waals surface area contributed by atoms with Gasteiger partial charge in [0.1, 0.15) is 5.82 Å². The molecule has 1 aliphatic heterocycles. The number of anilines is 1. The summed E-state index contributed by atoms with van der Waals surface area (Å²) in [6, 6.07) is 13.5. The molecular formula is C26H30FN5O3S. The molecule has 2 N–H and O–H groups in total. The summed E-state index contributed by atoms with van der Waals surface area (Å²) in [5, 5.41) is 7.53. The highest BCUT2D eigenvalue weighted by molar-refractivity contribution is 7.07. The van der Waals surface area contributed by atoms with Gasteiger partial charge in [-0.25, -0.2) is 9.18 Å². The van der Waals surface area contributed by atoms with Gasteiger partial charge in [-0.3, -0.25) is 4.79 Å². The summed E-state index contributed by atoms with van der Waals surface area (Å²) in [5.74, 6) is -0.833. The molecule has 1 aromatic heterocycles. The van der Waals surface area contributed by atoms with Crippen LogP contribution in [0.15, 0.2) is 58.9 Å². The largest absolute Gasteiger partial charge is 0.378 e. The zero-order valence-electron chi connectivity index (χ0n) is 20.2. The molecule has 0 bridgehead atoms. The van der Waals surface area contributed by atoms with E-state index in [-0.39, 0.29) is 6.03 Å². The summed E-state index contributed by atoms with van der Waals surface area (Å²) in [6.07, 6.45) is 0.657. The number of nitrogens with zero attached hydrogens (tertiary/aromatic N) is 3. The summed E-state index contributed by atoms with van der Waals surface area (Å²) >= 11 is 1.38. The second kappa shape index (κ2) is 12.5. The fourth-order valence-electron chi connectivity index (χ4n) is 3.94. The van der Waals surface area contributed by atoms with Gasteiger partial charge >= 0.3 is 6.03 Å². The van der Waals surface area contributed by atoms with Gasteiger partial charge in [-0.2, -0.15) is 4.99 Å². The number of urea groups is 1. The number of carbonyl (C=O) groups excluding carboxylic acids is 2. The lowest BCUT2D eigenvalue weighted by atomic mass is 10.1. The van der Waals surface area contributed by atoms with Gasteiger partial charge in [0.25, 0.3) is 5.91 Å². The van der Waals surface area contributed by atoms with Crippen LogP contribution in [0.4, 0.5) is 14.9 Å². The highest BCUT2D eigenvalue weighted by atomic mass is 32.1. The minimum atomic E-state index is -0.430. The molecule has 0 unspecified atom stereocenters. The average molecular weight is 512 g/mol. The minimum absolute atomic E-state index is 0.205. The van der Waals surface area contributed by atoms with E-state index in [0.29, 0.717) is 36.4 Å². The third-order valence-electron chi connectivity index (χ3n) is 5.81. The van der Waals surface area contributed by atoms with Crippen LogP contribution >= 0.6 is 11.3 Å². The van der Waals surface area contributed by atoms with Gasteiger partial charge < -0.3 is 24.8 Å². The number of morpholine rings is 1. The van der Waals surface area contributed by atoms with Crippen LogP contribution in [0.2, 0.25) is 0 Å². The van der Waals surface area contributed by atoms with Gasteiger partial charge in [-0.1, -0.05) is 12.1 Å². The lowest BCUT2D eigenvalue weighted by molar-refractivity contribution is 0.0997. The van der Waals surface area contributed by atoms with Crippen LogP contribution in [0.3, 0.4) is 0 Å². The molecule has 1 aliphatic rings. The van der Waals surface area contributed by atoms with Crippen LogP contribution in [0.1, 0.15) is 23.7 Å². The maximum atomic E-state index is 13.3. The SMILES string of the molecule is CCNC(=O)NCCCn1c(-c2ccc(N3CCOCC3)cc2)csc1=NC(=O)c1ccc(F)cc1. The lowest BCUT2D eigenvalue weighted by Gasteiger charge is -2.28. The molecule has 2 heterocycles. The van der Waals surface area contributed by atoms with Crippen molar-refractivity contribution in [3.63, 3.8) is 0 Å². The summed E-state index contributed by atoms with van der Waals surface area (Å²) in [5.41, 5.74) is 3.42. The molecule has 1 saturated heterocycles. The monoisotopic (exact) mass is 511 g/mol. The molecule has 10 heteroatoms. The Balaban J connectivity index is 1.58. The molecule has 0 spiro atoms. The number of benzene rings is 2. The Bertz CT molecular complexity index is 1230. The number of halogens is 1. The van der Waals surface area contributed by atoms with Gasteiger partial charge in [0.2, 0.25) is 0 Å². The van der Waals surface area contributed by atoms with Crippen molar-refractivity contribution in [3.05, 3.63) is 70.1 Å². The maximum absolute atomic E-state index is 13.3. The fraction of sp³-hybridized carbons (Fsp3) is 0.346. The van der Waals surface area contributed by atoms with Crippen molar-refractivity contribution in [1.29, 1.82) is 0 Å². The number of thiazole rings is 1. The smallest absolute Gasteiger partial charge is 0.314 e. The summed E-state index contributed by atoms with van der Waals surface area (Å²) in [4.78, 5) is 31.7. The van der Waals surface area contributed by atoms with E-state index in [9.17, 15) is 14.0 Å². The third kappa shape index (κ3) is 6.58. The standard InChI is InChI=1S/C26H30FN5O3S/c1-2-28-25(34)29-12-3-13-32-23(19-6-10-22(11-7-19)31-14-16-35-17-15-31)18-36-26(32)30-24(33)20-4-8-21(27)9-5-20/h4-11,18H,2-3,12-17H2,1H3,(H2,28,29,34). The van der Waals surface area contributed by atoms with Gasteiger partial charge in [-0.15, -0.1) is 11.3 Å². The molecule has 190 valence electrons. The van der Waals surface area contributed by atoms with Crippen molar-refractivity contribution >= 4 is 29.0 Å². The summed E-state index contributed by atoms with van der Waals surface area (Å²) in [6.45, 7) is 6.65. The van der Waals surface area contributed by atoms with Crippen LogP contribution in [0, 0.1) is 5.82 Å². The summed E-state index contributed by atoms with van der Waals surface area (Å²) in [7, 11) is 0. The Morgan fingerprint density at radius 3 is 2.47 bits per heavy atom. The Labute approximate surface area is 213 Å². The topological polar surface area (TPSA) is 88.0 Å². The van der Waals surface area contributed by atoms with Gasteiger partial charge in [-0.05, 0) is 55.3 Å². The molecule has 8 nitrogen and oxygen atoms in total. The van der Waals surface area contributed by atoms with Crippen molar-refractivity contribution < 1.29 is 18.7 Å². The van der Waals surface area contributed by atoms with E-state index in [1.807, 2.05) is 16.9 Å². The molecule has 0 aliphatic carbocycles. The van der Waals surface area contributed by atoms with E-state index in [2.05, 4.69) is 44.8 Å². The van der Waals surface area contributed by atoms with E-state index in [1.54, 1.807) is 0 Å². The quantitative estimate of drug-likeness (QED) is 0.452. The van der Waals surface area contributed by atoms with Gasteiger partial charge in [0, 0.05) is 49.4 Å². The number of nitrogens with one attached hydrogen (secondary N) is 2. The maximum Gasteiger partial charge on any atom is 0.314 e. The highest BCUT2D eigenvalue weighted by Gasteiger charge is 2.14. The molecule has 0 atom stereocenters. The van der Waals surface area contributed by atoms with Crippen molar-refractivity contribution in [2.45, 2.75) is 19.9 Å². The second-order valence-electron chi connectivity index (χ2n) is 8.27. The number of carbonyl (C=O) groups is 2. The molecule has 3 aromatic rings. The molecule has 36 heavy (non-hydrogen) atoms. The lowest BCUT2D eigenvalue weighted by Crippen LogP contribution is -2.36. The Kier molecular flexibility index (Phi) is 8.85. The first kappa shape index (κ1) is 25.6. The van der Waals surface area contributed by atoms with E-state index < -0.39 is 11.7 Å². The van der Waals surface area contributed by atoms with Crippen molar-refractivity contribution in [2.75, 3.05) is 44.3 Å². The zero-order chi connectivity index (χ0) is 25.3. The van der Waals surface area contributed by atoms with E-state index in [1.165, 1.54) is 35.6 Å². The first-order valence-corrected chi connectivity index (χ1v) is 12.9. The molecular weight excluding hydrogens is 481 g/mol. The van der Waals surface area contributed by atoms with Crippen LogP contribution in [0.5, 0.6) is 0 Å². The molecule has 0 radical (unpaired) electrons. The van der Waals surface area contributed by atoms with Crippen LogP contribution in [-0.2, 0) is 11.3 Å². The highest BCUT2D eigenvalue weighted by Crippen LogP contribution is 2.25. The number of hydrogen-bond acceptors (Lipinski definition) is 5. The summed E-state index contributed by atoms with van der Waals surface area (Å²) < 4.78 is 20.7.